The summed E-state index contributed by atoms with van der Waals surface area (Å²) in [5.74, 6) is 1.08. The molecule has 0 aliphatic carbocycles. The molecule has 0 saturated carbocycles. The molecule has 0 amide bonds. The van der Waals surface area contributed by atoms with E-state index < -0.39 is 0 Å². The largest absolute Gasteiger partial charge is 0.349 e. The molecule has 1 rings (SSSR count). The normalized spacial score (nSPS) is 16.6. The fourth-order valence-electron chi connectivity index (χ4n) is 1.28. The van der Waals surface area contributed by atoms with Gasteiger partial charge in [0.2, 0.25) is 0 Å². The average molecular weight is 285 g/mol. The van der Waals surface area contributed by atoms with Crippen molar-refractivity contribution < 1.29 is 32.7 Å². The summed E-state index contributed by atoms with van der Waals surface area (Å²) < 4.78 is 2.35. The molecule has 0 bridgehead atoms. The van der Waals surface area contributed by atoms with Crippen molar-refractivity contribution in [3.8, 4) is 0 Å². The summed E-state index contributed by atoms with van der Waals surface area (Å²) in [5.41, 5.74) is 3.96. The molecule has 1 nitrogen and oxygen atoms in total. The van der Waals surface area contributed by atoms with Crippen LogP contribution < -0.4 is 0 Å². The molecule has 1 heterocycles. The molecule has 0 saturated heterocycles. The van der Waals surface area contributed by atoms with Crippen LogP contribution in [0.3, 0.4) is 0 Å². The number of allylic oxidation sites excluding steroid dienone is 2. The predicted molar refractivity (Wildman–Crippen MR) is 60.2 cm³/mol. The Balaban J connectivity index is 0.00000169. The molecule has 1 aliphatic heterocycles. The van der Waals surface area contributed by atoms with E-state index in [0.29, 0.717) is 6.04 Å². The predicted octanol–water partition coefficient (Wildman–Crippen LogP) is 3.40. The molecule has 77 valence electrons. The van der Waals surface area contributed by atoms with Crippen molar-refractivity contribution in [2.24, 2.45) is 0 Å². The second-order valence-electron chi connectivity index (χ2n) is 3.95. The summed E-state index contributed by atoms with van der Waals surface area (Å²) >= 11 is 1.89. The van der Waals surface area contributed by atoms with Crippen molar-refractivity contribution in [3.05, 3.63) is 22.9 Å². The van der Waals surface area contributed by atoms with Crippen LogP contribution in [0.2, 0.25) is 0 Å². The molecule has 0 aromatic heterocycles. The van der Waals surface area contributed by atoms with E-state index in [1.54, 1.807) is 0 Å². The van der Waals surface area contributed by atoms with Gasteiger partial charge in [-0.3, -0.25) is 0 Å². The van der Waals surface area contributed by atoms with Gasteiger partial charge in [-0.15, -0.1) is 19.5 Å². The Labute approximate surface area is 117 Å². The minimum absolute atomic E-state index is 0. The quantitative estimate of drug-likeness (QED) is 0.536. The van der Waals surface area contributed by atoms with Crippen molar-refractivity contribution in [1.29, 1.82) is 0 Å². The fraction of sp³-hybridized carbons (Fsp3) is 0.636. The van der Waals surface area contributed by atoms with E-state index in [4.69, 9.17) is 0 Å². The minimum atomic E-state index is 0. The summed E-state index contributed by atoms with van der Waals surface area (Å²) in [6.45, 7) is 10.9. The summed E-state index contributed by atoms with van der Waals surface area (Å²) in [7, 11) is 0. The van der Waals surface area contributed by atoms with Crippen molar-refractivity contribution in [2.75, 3.05) is 5.75 Å². The van der Waals surface area contributed by atoms with E-state index in [1.807, 2.05) is 11.9 Å². The Morgan fingerprint density at radius 2 is 2.00 bits per heavy atom. The molecular formula is C11H18NSY-. The van der Waals surface area contributed by atoms with Crippen LogP contribution in [0, 0.1) is 6.08 Å². The van der Waals surface area contributed by atoms with Crippen molar-refractivity contribution in [3.63, 3.8) is 0 Å². The third-order valence-electron chi connectivity index (χ3n) is 1.91. The zero-order chi connectivity index (χ0) is 10.0. The fourth-order valence-corrected chi connectivity index (χ4v) is 2.34. The second-order valence-corrected chi connectivity index (χ2v) is 4.89. The summed E-state index contributed by atoms with van der Waals surface area (Å²) in [6.07, 6.45) is 3.45. The van der Waals surface area contributed by atoms with Crippen LogP contribution in [-0.2, 0) is 32.7 Å². The van der Waals surface area contributed by atoms with Crippen LogP contribution >= 0.6 is 11.9 Å². The Hall–Kier alpha value is 0.734. The molecular weight excluding hydrogens is 267 g/mol. The molecule has 3 heteroatoms. The van der Waals surface area contributed by atoms with Gasteiger partial charge in [-0.05, 0) is 25.8 Å². The average Bonchev–Trinajstić information content (AvgIpc) is 2.03. The Morgan fingerprint density at radius 3 is 2.43 bits per heavy atom. The van der Waals surface area contributed by atoms with Crippen molar-refractivity contribution in [2.45, 2.75) is 40.7 Å². The van der Waals surface area contributed by atoms with Crippen molar-refractivity contribution >= 4 is 11.9 Å². The molecule has 0 unspecified atom stereocenters. The van der Waals surface area contributed by atoms with Crippen LogP contribution in [0.4, 0.5) is 0 Å². The third kappa shape index (κ3) is 3.71. The van der Waals surface area contributed by atoms with E-state index in [-0.39, 0.29) is 32.7 Å². The summed E-state index contributed by atoms with van der Waals surface area (Å²) in [5, 5.41) is 0. The van der Waals surface area contributed by atoms with Crippen molar-refractivity contribution in [1.82, 2.24) is 4.31 Å². The van der Waals surface area contributed by atoms with Crippen LogP contribution in [0.25, 0.3) is 0 Å². The van der Waals surface area contributed by atoms with Crippen LogP contribution in [-0.4, -0.2) is 16.1 Å². The van der Waals surface area contributed by atoms with Gasteiger partial charge in [-0.25, -0.2) is 6.08 Å². The Morgan fingerprint density at radius 1 is 1.43 bits per heavy atom. The van der Waals surface area contributed by atoms with E-state index in [2.05, 4.69) is 45.0 Å². The van der Waals surface area contributed by atoms with E-state index >= 15 is 0 Å². The van der Waals surface area contributed by atoms with Crippen LogP contribution in [0.15, 0.2) is 16.8 Å². The molecule has 0 aromatic carbocycles. The maximum atomic E-state index is 3.45. The van der Waals surface area contributed by atoms with E-state index in [0.717, 1.165) is 5.75 Å². The molecule has 0 fully saturated rings. The van der Waals surface area contributed by atoms with Gasteiger partial charge in [-0.1, -0.05) is 6.92 Å². The van der Waals surface area contributed by atoms with Gasteiger partial charge in [-0.2, -0.15) is 11.1 Å². The first-order valence-corrected chi connectivity index (χ1v) is 5.65. The number of nitrogens with zero attached hydrogens (tertiary/aromatic N) is 1. The van der Waals surface area contributed by atoms with Gasteiger partial charge in [0.1, 0.15) is 0 Å². The Bertz CT molecular complexity index is 252. The van der Waals surface area contributed by atoms with Gasteiger partial charge in [0.05, 0.1) is 0 Å². The molecule has 0 aromatic rings. The van der Waals surface area contributed by atoms with Gasteiger partial charge in [0.25, 0.3) is 0 Å². The maximum absolute atomic E-state index is 3.45. The van der Waals surface area contributed by atoms with Gasteiger partial charge < -0.3 is 4.31 Å². The third-order valence-corrected chi connectivity index (χ3v) is 3.36. The second kappa shape index (κ2) is 6.35. The molecule has 0 N–H and O–H groups in total. The molecule has 1 aliphatic rings. The zero-order valence-corrected chi connectivity index (χ0v) is 13.4. The SMILES string of the molecule is CC1=[C-]C(=C(C)C)N(C(C)C)SC1.[Y]. The van der Waals surface area contributed by atoms with E-state index in [1.165, 1.54) is 16.8 Å². The van der Waals surface area contributed by atoms with Crippen LogP contribution in [0.5, 0.6) is 0 Å². The first-order valence-electron chi connectivity index (χ1n) is 4.71. The minimum Gasteiger partial charge on any atom is -0.349 e. The van der Waals surface area contributed by atoms with E-state index in [9.17, 15) is 0 Å². The first kappa shape index (κ1) is 14.7. The topological polar surface area (TPSA) is 3.24 Å². The molecule has 1 radical (unpaired) electrons. The standard InChI is InChI=1S/C11H18NS.Y/c1-8(2)11-6-10(5)7-13-12(11)9(3)4;/h9H,7H2,1-5H3;/q-1;. The molecule has 0 atom stereocenters. The van der Waals surface area contributed by atoms with Crippen LogP contribution in [0.1, 0.15) is 34.6 Å². The monoisotopic (exact) mass is 285 g/mol. The molecule has 14 heavy (non-hydrogen) atoms. The summed E-state index contributed by atoms with van der Waals surface area (Å²) in [6, 6.07) is 0.551. The number of hydrogen-bond donors (Lipinski definition) is 0. The smallest absolute Gasteiger partial charge is 0.0314 e. The zero-order valence-electron chi connectivity index (χ0n) is 9.72. The maximum Gasteiger partial charge on any atom is 0.0314 e. The molecule has 0 spiro atoms. The first-order chi connectivity index (χ1) is 6.02. The Kier molecular flexibility index (Phi) is 6.68. The number of hydrogen-bond acceptors (Lipinski definition) is 2. The summed E-state index contributed by atoms with van der Waals surface area (Å²) in [4.78, 5) is 0. The van der Waals surface area contributed by atoms with Gasteiger partial charge in [0, 0.05) is 44.5 Å². The number of rotatable bonds is 1. The van der Waals surface area contributed by atoms with Gasteiger partial charge in [0.15, 0.2) is 0 Å². The van der Waals surface area contributed by atoms with Gasteiger partial charge >= 0.3 is 0 Å².